The van der Waals surface area contributed by atoms with Gasteiger partial charge in [0, 0.05) is 13.0 Å². The predicted molar refractivity (Wildman–Crippen MR) is 109 cm³/mol. The first kappa shape index (κ1) is 21.5. The average Bonchev–Trinajstić information content (AvgIpc) is 2.78. The first-order valence-corrected chi connectivity index (χ1v) is 9.71. The number of ether oxygens (including phenoxy) is 5. The van der Waals surface area contributed by atoms with E-state index in [0.717, 1.165) is 30.6 Å². The van der Waals surface area contributed by atoms with E-state index in [2.05, 4.69) is 10.8 Å². The molecule has 1 aliphatic heterocycles. The van der Waals surface area contributed by atoms with Crippen LogP contribution in [0.1, 0.15) is 24.8 Å². The minimum atomic E-state index is -0.825. The zero-order chi connectivity index (χ0) is 21.7. The van der Waals surface area contributed by atoms with Gasteiger partial charge in [0.25, 0.3) is 0 Å². The number of methoxy groups -OCH3 is 4. The number of allylic oxidation sites excluding steroid dienone is 2. The molecule has 8 heteroatoms. The van der Waals surface area contributed by atoms with E-state index < -0.39 is 6.16 Å². The maximum atomic E-state index is 12.4. The van der Waals surface area contributed by atoms with Crippen LogP contribution in [0.5, 0.6) is 11.5 Å². The topological polar surface area (TPSA) is 83.5 Å². The summed E-state index contributed by atoms with van der Waals surface area (Å²) in [6.07, 6.45) is 3.70. The molecule has 0 saturated carbocycles. The van der Waals surface area contributed by atoms with Crippen LogP contribution in [-0.2, 0) is 20.6 Å². The molecule has 0 saturated heterocycles. The van der Waals surface area contributed by atoms with Gasteiger partial charge in [-0.1, -0.05) is 11.6 Å². The third kappa shape index (κ3) is 4.53. The molecule has 0 radical (unpaired) electrons. The first-order chi connectivity index (χ1) is 14.5. The van der Waals surface area contributed by atoms with Crippen LogP contribution in [0.4, 0.5) is 9.59 Å². The number of hydrogen-bond donors (Lipinski definition) is 0. The van der Waals surface area contributed by atoms with Crippen molar-refractivity contribution in [3.8, 4) is 11.5 Å². The van der Waals surface area contributed by atoms with Crippen molar-refractivity contribution in [1.82, 2.24) is 4.90 Å². The lowest BCUT2D eigenvalue weighted by atomic mass is 9.82. The minimum absolute atomic E-state index is 0.157. The SMILES string of the molecule is COC(=O)Oc1cc(CC2C3=C(CCN2C(=O)OC)CC(OC)=CC3)ccc1OC. The lowest BCUT2D eigenvalue weighted by molar-refractivity contribution is 0.107. The quantitative estimate of drug-likeness (QED) is 0.409. The Morgan fingerprint density at radius 1 is 1.07 bits per heavy atom. The van der Waals surface area contributed by atoms with Crippen LogP contribution < -0.4 is 9.47 Å². The number of hydrogen-bond acceptors (Lipinski definition) is 7. The van der Waals surface area contributed by atoms with E-state index >= 15 is 0 Å². The van der Waals surface area contributed by atoms with Crippen LogP contribution in [0.25, 0.3) is 0 Å². The van der Waals surface area contributed by atoms with Crippen molar-refractivity contribution in [3.05, 3.63) is 46.7 Å². The Balaban J connectivity index is 1.91. The van der Waals surface area contributed by atoms with Crippen molar-refractivity contribution in [3.63, 3.8) is 0 Å². The Morgan fingerprint density at radius 3 is 2.53 bits per heavy atom. The first-order valence-electron chi connectivity index (χ1n) is 9.71. The molecule has 1 aromatic rings. The van der Waals surface area contributed by atoms with Crippen molar-refractivity contribution >= 4 is 12.2 Å². The molecule has 30 heavy (non-hydrogen) atoms. The summed E-state index contributed by atoms with van der Waals surface area (Å²) < 4.78 is 25.5. The van der Waals surface area contributed by atoms with Gasteiger partial charge in [-0.3, -0.25) is 0 Å². The second-order valence-electron chi connectivity index (χ2n) is 7.06. The molecule has 1 aromatic carbocycles. The average molecular weight is 417 g/mol. The fourth-order valence-corrected chi connectivity index (χ4v) is 3.99. The van der Waals surface area contributed by atoms with Crippen LogP contribution in [0.15, 0.2) is 41.2 Å². The van der Waals surface area contributed by atoms with E-state index in [4.69, 9.17) is 18.9 Å². The highest BCUT2D eigenvalue weighted by molar-refractivity contribution is 5.69. The van der Waals surface area contributed by atoms with E-state index in [0.29, 0.717) is 18.7 Å². The Bertz CT molecular complexity index is 874. The number of rotatable bonds is 5. The molecular formula is C22H27NO7. The summed E-state index contributed by atoms with van der Waals surface area (Å²) in [5.41, 5.74) is 3.40. The molecule has 0 spiro atoms. The van der Waals surface area contributed by atoms with Crippen LogP contribution >= 0.6 is 0 Å². The lowest BCUT2D eigenvalue weighted by Gasteiger charge is -2.39. The van der Waals surface area contributed by atoms with Crippen LogP contribution in [-0.4, -0.2) is 58.2 Å². The van der Waals surface area contributed by atoms with Crippen LogP contribution in [0, 0.1) is 0 Å². The van der Waals surface area contributed by atoms with Crippen molar-refractivity contribution in [1.29, 1.82) is 0 Å². The molecule has 1 amide bonds. The van der Waals surface area contributed by atoms with Crippen molar-refractivity contribution in [2.75, 3.05) is 35.0 Å². The molecule has 0 fully saturated rings. The second kappa shape index (κ2) is 9.56. The van der Waals surface area contributed by atoms with Crippen molar-refractivity contribution < 1.29 is 33.3 Å². The number of carbonyl (C=O) groups is 2. The lowest BCUT2D eigenvalue weighted by Crippen LogP contribution is -2.46. The Morgan fingerprint density at radius 2 is 1.87 bits per heavy atom. The molecule has 0 bridgehead atoms. The third-order valence-electron chi connectivity index (χ3n) is 5.51. The molecule has 1 unspecified atom stereocenters. The molecule has 162 valence electrons. The summed E-state index contributed by atoms with van der Waals surface area (Å²) in [6.45, 7) is 0.578. The van der Waals surface area contributed by atoms with Crippen molar-refractivity contribution in [2.24, 2.45) is 0 Å². The maximum absolute atomic E-state index is 12.4. The van der Waals surface area contributed by atoms with Gasteiger partial charge in [0.1, 0.15) is 0 Å². The minimum Gasteiger partial charge on any atom is -0.501 e. The summed E-state index contributed by atoms with van der Waals surface area (Å²) in [4.78, 5) is 25.8. The summed E-state index contributed by atoms with van der Waals surface area (Å²) in [7, 11) is 5.81. The number of nitrogens with zero attached hydrogens (tertiary/aromatic N) is 1. The van der Waals surface area contributed by atoms with E-state index in [1.807, 2.05) is 6.07 Å². The van der Waals surface area contributed by atoms with Gasteiger partial charge in [-0.2, -0.15) is 0 Å². The van der Waals surface area contributed by atoms with Crippen LogP contribution in [0.2, 0.25) is 0 Å². The number of carbonyl (C=O) groups excluding carboxylic acids is 2. The fraction of sp³-hybridized carbons (Fsp3) is 0.455. The smallest absolute Gasteiger partial charge is 0.501 e. The Kier molecular flexibility index (Phi) is 6.87. The molecule has 0 N–H and O–H groups in total. The van der Waals surface area contributed by atoms with Gasteiger partial charge in [0.15, 0.2) is 11.5 Å². The molecule has 8 nitrogen and oxygen atoms in total. The van der Waals surface area contributed by atoms with E-state index in [1.54, 1.807) is 24.1 Å². The van der Waals surface area contributed by atoms with Gasteiger partial charge in [-0.05, 0) is 48.6 Å². The van der Waals surface area contributed by atoms with Gasteiger partial charge in [0.2, 0.25) is 0 Å². The largest absolute Gasteiger partial charge is 0.513 e. The summed E-state index contributed by atoms with van der Waals surface area (Å²) >= 11 is 0. The normalized spacial score (nSPS) is 18.2. The number of amides is 1. The maximum Gasteiger partial charge on any atom is 0.513 e. The second-order valence-corrected chi connectivity index (χ2v) is 7.06. The van der Waals surface area contributed by atoms with E-state index in [-0.39, 0.29) is 17.9 Å². The molecule has 2 aliphatic rings. The van der Waals surface area contributed by atoms with Gasteiger partial charge < -0.3 is 28.6 Å². The van der Waals surface area contributed by atoms with Crippen molar-refractivity contribution in [2.45, 2.75) is 31.7 Å². The predicted octanol–water partition coefficient (Wildman–Crippen LogP) is 3.84. The summed E-state index contributed by atoms with van der Waals surface area (Å²) in [5.74, 6) is 1.64. The molecule has 3 rings (SSSR count). The summed E-state index contributed by atoms with van der Waals surface area (Å²) in [6, 6.07) is 5.21. The van der Waals surface area contributed by atoms with Gasteiger partial charge in [0.05, 0.1) is 40.2 Å². The highest BCUT2D eigenvalue weighted by Gasteiger charge is 2.34. The highest BCUT2D eigenvalue weighted by atomic mass is 16.7. The zero-order valence-corrected chi connectivity index (χ0v) is 17.7. The zero-order valence-electron chi connectivity index (χ0n) is 17.7. The standard InChI is InChI=1S/C22H27NO7/c1-26-16-6-7-17-15(13-16)9-10-23(21(24)28-3)18(17)11-14-5-8-19(27-2)20(12-14)30-22(25)29-4/h5-6,8,12,18H,7,9-11,13H2,1-4H3. The van der Waals surface area contributed by atoms with Gasteiger partial charge in [-0.25, -0.2) is 9.59 Å². The third-order valence-corrected chi connectivity index (χ3v) is 5.51. The Hall–Kier alpha value is -3.16. The molecule has 1 heterocycles. The fourth-order valence-electron chi connectivity index (χ4n) is 3.99. The molecule has 1 aliphatic carbocycles. The van der Waals surface area contributed by atoms with E-state index in [1.165, 1.54) is 32.5 Å². The number of benzene rings is 1. The molecule has 1 atom stereocenters. The van der Waals surface area contributed by atoms with E-state index in [9.17, 15) is 9.59 Å². The molecular weight excluding hydrogens is 390 g/mol. The summed E-state index contributed by atoms with van der Waals surface area (Å²) in [5, 5.41) is 0. The molecule has 0 aromatic heterocycles. The van der Waals surface area contributed by atoms with Crippen LogP contribution in [0.3, 0.4) is 0 Å². The highest BCUT2D eigenvalue weighted by Crippen LogP contribution is 2.37. The van der Waals surface area contributed by atoms with Gasteiger partial charge >= 0.3 is 12.2 Å². The Labute approximate surface area is 176 Å². The monoisotopic (exact) mass is 417 g/mol. The van der Waals surface area contributed by atoms with Gasteiger partial charge in [-0.15, -0.1) is 0 Å².